The van der Waals surface area contributed by atoms with E-state index in [1.54, 1.807) is 0 Å². The van der Waals surface area contributed by atoms with E-state index in [2.05, 4.69) is 53.9 Å². The first-order valence-corrected chi connectivity index (χ1v) is 5.45. The summed E-state index contributed by atoms with van der Waals surface area (Å²) in [6.45, 7) is 0.856. The maximum atomic E-state index is 3.37. The van der Waals surface area contributed by atoms with Gasteiger partial charge in [-0.2, -0.15) is 0 Å². The molecule has 0 spiro atoms. The minimum atomic E-state index is 0.856. The number of nitrogens with one attached hydrogen (secondary N) is 1. The quantitative estimate of drug-likeness (QED) is 0.755. The van der Waals surface area contributed by atoms with Crippen molar-refractivity contribution in [2.24, 2.45) is 0 Å². The van der Waals surface area contributed by atoms with Crippen molar-refractivity contribution in [1.82, 2.24) is 5.32 Å². The lowest BCUT2D eigenvalue weighted by Crippen LogP contribution is -2.14. The second kappa shape index (κ2) is 3.86. The summed E-state index contributed by atoms with van der Waals surface area (Å²) in [6.07, 6.45) is 7.15. The average Bonchev–Trinajstić information content (AvgIpc) is 2.39. The van der Waals surface area contributed by atoms with Gasteiger partial charge in [-0.15, -0.1) is 0 Å². The Morgan fingerprint density at radius 2 is 1.88 bits per heavy atom. The van der Waals surface area contributed by atoms with Crippen molar-refractivity contribution in [2.75, 3.05) is 6.54 Å². The van der Waals surface area contributed by atoms with Crippen LogP contribution in [0.3, 0.4) is 0 Å². The number of fused-ring (bicyclic) bond motifs is 1. The molecule has 1 N–H and O–H groups in total. The molecule has 2 aromatic carbocycles. The lowest BCUT2D eigenvalue weighted by molar-refractivity contribution is 0.993. The van der Waals surface area contributed by atoms with Crippen LogP contribution in [0.2, 0.25) is 0 Å². The largest absolute Gasteiger partial charge is 0.381 e. The molecule has 0 saturated carbocycles. The van der Waals surface area contributed by atoms with E-state index >= 15 is 0 Å². The van der Waals surface area contributed by atoms with Crippen LogP contribution >= 0.6 is 0 Å². The molecule has 0 aliphatic carbocycles. The van der Waals surface area contributed by atoms with E-state index in [4.69, 9.17) is 0 Å². The van der Waals surface area contributed by atoms with Crippen LogP contribution in [-0.4, -0.2) is 6.54 Å². The average molecular weight is 206 g/mol. The van der Waals surface area contributed by atoms with E-state index < -0.39 is 0 Å². The molecule has 1 radical (unpaired) electrons. The Labute approximate surface area is 95.1 Å². The second-order valence-electron chi connectivity index (χ2n) is 3.84. The zero-order valence-corrected chi connectivity index (χ0v) is 8.90. The molecule has 1 aliphatic rings. The number of allylic oxidation sites excluding steroid dienone is 2. The summed E-state index contributed by atoms with van der Waals surface area (Å²) < 4.78 is 0. The maximum Gasteiger partial charge on any atom is 0.0428 e. The van der Waals surface area contributed by atoms with Gasteiger partial charge < -0.3 is 5.32 Å². The van der Waals surface area contributed by atoms with Gasteiger partial charge in [0.15, 0.2) is 0 Å². The Balaban J connectivity index is 2.23. The highest BCUT2D eigenvalue weighted by atomic mass is 14.9. The van der Waals surface area contributed by atoms with E-state index in [0.29, 0.717) is 0 Å². The molecule has 0 amide bonds. The topological polar surface area (TPSA) is 12.0 Å². The Morgan fingerprint density at radius 1 is 1.00 bits per heavy atom. The molecule has 0 unspecified atom stereocenters. The molecule has 0 aromatic heterocycles. The van der Waals surface area contributed by atoms with Gasteiger partial charge in [0.1, 0.15) is 0 Å². The summed E-state index contributed by atoms with van der Waals surface area (Å²) in [5, 5.41) is 5.93. The van der Waals surface area contributed by atoms with Crippen LogP contribution in [0.15, 0.2) is 54.6 Å². The molecule has 1 nitrogen and oxygen atoms in total. The molecule has 77 valence electrons. The third-order valence-electron chi connectivity index (χ3n) is 2.82. The van der Waals surface area contributed by atoms with Gasteiger partial charge in [-0.05, 0) is 22.9 Å². The van der Waals surface area contributed by atoms with Gasteiger partial charge in [0.25, 0.3) is 0 Å². The third-order valence-corrected chi connectivity index (χ3v) is 2.82. The summed E-state index contributed by atoms with van der Waals surface area (Å²) >= 11 is 0. The summed E-state index contributed by atoms with van der Waals surface area (Å²) in [4.78, 5) is 0. The second-order valence-corrected chi connectivity index (χ2v) is 3.84. The first kappa shape index (κ1) is 9.22. The highest BCUT2D eigenvalue weighted by Gasteiger charge is 2.05. The Kier molecular flexibility index (Phi) is 2.22. The van der Waals surface area contributed by atoms with Crippen molar-refractivity contribution in [3.63, 3.8) is 0 Å². The molecular weight excluding hydrogens is 194 g/mol. The first-order chi connectivity index (χ1) is 7.95. The van der Waals surface area contributed by atoms with E-state index in [-0.39, 0.29) is 0 Å². The van der Waals surface area contributed by atoms with Gasteiger partial charge in [0.05, 0.1) is 0 Å². The van der Waals surface area contributed by atoms with Crippen molar-refractivity contribution in [3.05, 3.63) is 66.3 Å². The predicted octanol–water partition coefficient (Wildman–Crippen LogP) is 3.14. The Hall–Kier alpha value is -2.02. The fourth-order valence-electron chi connectivity index (χ4n) is 2.05. The number of benzene rings is 2. The van der Waals surface area contributed by atoms with E-state index in [1.165, 1.54) is 16.3 Å². The van der Waals surface area contributed by atoms with Gasteiger partial charge >= 0.3 is 0 Å². The summed E-state index contributed by atoms with van der Waals surface area (Å²) in [7, 11) is 0. The van der Waals surface area contributed by atoms with E-state index in [0.717, 1.165) is 12.2 Å². The SMILES string of the molecule is [C]1=CCNC(c2cccc3ccccc23)=C1. The molecule has 1 heterocycles. The van der Waals surface area contributed by atoms with Gasteiger partial charge in [0.2, 0.25) is 0 Å². The monoisotopic (exact) mass is 206 g/mol. The van der Waals surface area contributed by atoms with Crippen molar-refractivity contribution in [3.8, 4) is 0 Å². The van der Waals surface area contributed by atoms with Crippen LogP contribution in [-0.2, 0) is 0 Å². The predicted molar refractivity (Wildman–Crippen MR) is 67.7 cm³/mol. The van der Waals surface area contributed by atoms with Crippen LogP contribution in [0.1, 0.15) is 5.56 Å². The Morgan fingerprint density at radius 3 is 2.75 bits per heavy atom. The van der Waals surface area contributed by atoms with Crippen LogP contribution in [0.4, 0.5) is 0 Å². The third kappa shape index (κ3) is 1.50. The number of hydrogen-bond donors (Lipinski definition) is 1. The highest BCUT2D eigenvalue weighted by molar-refractivity contribution is 5.93. The molecule has 1 aliphatic heterocycles. The normalized spacial score (nSPS) is 14.6. The minimum Gasteiger partial charge on any atom is -0.381 e. The van der Waals surface area contributed by atoms with Gasteiger partial charge in [0, 0.05) is 17.8 Å². The van der Waals surface area contributed by atoms with Crippen molar-refractivity contribution < 1.29 is 0 Å². The zero-order valence-electron chi connectivity index (χ0n) is 8.90. The molecule has 16 heavy (non-hydrogen) atoms. The lowest BCUT2D eigenvalue weighted by atomic mass is 10.0. The van der Waals surface area contributed by atoms with E-state index in [1.807, 2.05) is 12.2 Å². The molecule has 0 bridgehead atoms. The van der Waals surface area contributed by atoms with Crippen LogP contribution in [0, 0.1) is 6.08 Å². The van der Waals surface area contributed by atoms with Gasteiger partial charge in [-0.1, -0.05) is 48.5 Å². The maximum absolute atomic E-state index is 3.37. The summed E-state index contributed by atoms with van der Waals surface area (Å²) in [5.74, 6) is 0. The fraction of sp³-hybridized carbons (Fsp3) is 0.0667. The van der Waals surface area contributed by atoms with E-state index in [9.17, 15) is 0 Å². The Bertz CT molecular complexity index is 574. The summed E-state index contributed by atoms with van der Waals surface area (Å²) in [6, 6.07) is 14.8. The highest BCUT2D eigenvalue weighted by Crippen LogP contribution is 2.24. The fourth-order valence-corrected chi connectivity index (χ4v) is 2.05. The van der Waals surface area contributed by atoms with Gasteiger partial charge in [-0.3, -0.25) is 0 Å². The zero-order chi connectivity index (χ0) is 10.8. The molecule has 2 aromatic rings. The molecule has 0 saturated heterocycles. The summed E-state index contributed by atoms with van der Waals surface area (Å²) in [5.41, 5.74) is 2.40. The van der Waals surface area contributed by atoms with Crippen LogP contribution in [0.25, 0.3) is 16.5 Å². The number of hydrogen-bond acceptors (Lipinski definition) is 1. The van der Waals surface area contributed by atoms with Crippen LogP contribution < -0.4 is 5.32 Å². The first-order valence-electron chi connectivity index (χ1n) is 5.45. The van der Waals surface area contributed by atoms with Crippen molar-refractivity contribution >= 4 is 16.5 Å². The van der Waals surface area contributed by atoms with Gasteiger partial charge in [-0.25, -0.2) is 0 Å². The lowest BCUT2D eigenvalue weighted by Gasteiger charge is -2.14. The molecule has 0 fully saturated rings. The molecule has 3 rings (SSSR count). The van der Waals surface area contributed by atoms with Crippen molar-refractivity contribution in [2.45, 2.75) is 0 Å². The molecule has 1 heteroatoms. The smallest absolute Gasteiger partial charge is 0.0428 e. The minimum absolute atomic E-state index is 0.856. The molecule has 0 atom stereocenters. The van der Waals surface area contributed by atoms with Crippen molar-refractivity contribution in [1.29, 1.82) is 0 Å². The van der Waals surface area contributed by atoms with Crippen LogP contribution in [0.5, 0.6) is 0 Å². The number of dihydropyridines is 1. The number of rotatable bonds is 1. The standard InChI is InChI=1S/C15H12N/c1-2-8-13-12(6-1)7-5-9-14(13)15-10-3-4-11-16-15/h1-2,4-10,16H,11H2. The molecular formula is C15H12N.